The van der Waals surface area contributed by atoms with Gasteiger partial charge in [0, 0.05) is 49.5 Å². The molecule has 2 aromatic heterocycles. The fourth-order valence-electron chi connectivity index (χ4n) is 2.47. The number of aryl methyl sites for hydroxylation is 1. The van der Waals surface area contributed by atoms with Crippen LogP contribution in [0.25, 0.3) is 5.69 Å². The smallest absolute Gasteiger partial charge is 0.251 e. The number of carbonyl (C=O) groups excluding carboxylic acids is 1. The molecule has 0 atom stereocenters. The van der Waals surface area contributed by atoms with Gasteiger partial charge in [-0.15, -0.1) is 0 Å². The molecule has 0 radical (unpaired) electrons. The highest BCUT2D eigenvalue weighted by Crippen LogP contribution is 2.11. The fourth-order valence-corrected chi connectivity index (χ4v) is 2.47. The Morgan fingerprint density at radius 1 is 1.12 bits per heavy atom. The molecule has 0 fully saturated rings. The first kappa shape index (κ1) is 16.7. The van der Waals surface area contributed by atoms with Crippen molar-refractivity contribution in [2.45, 2.75) is 13.5 Å². The van der Waals surface area contributed by atoms with Crippen molar-refractivity contribution in [1.82, 2.24) is 19.9 Å². The molecule has 2 heterocycles. The van der Waals surface area contributed by atoms with Crippen LogP contribution in [0.5, 0.6) is 0 Å². The van der Waals surface area contributed by atoms with E-state index >= 15 is 0 Å². The molecule has 0 bridgehead atoms. The van der Waals surface area contributed by atoms with Crippen molar-refractivity contribution in [2.75, 3.05) is 19.0 Å². The standard InChI is InChI=1S/C19H21N5O/c1-14-12-18(23(2)3)22-17(21-14)13-20-19(25)15-6-8-16(9-7-15)24-10-4-5-11-24/h4-12H,13H2,1-3H3,(H,20,25). The maximum absolute atomic E-state index is 12.3. The quantitative estimate of drug-likeness (QED) is 0.778. The van der Waals surface area contributed by atoms with Crippen LogP contribution in [0.3, 0.4) is 0 Å². The molecule has 3 aromatic rings. The minimum Gasteiger partial charge on any atom is -0.363 e. The maximum atomic E-state index is 12.3. The average Bonchev–Trinajstić information content (AvgIpc) is 3.14. The average molecular weight is 335 g/mol. The summed E-state index contributed by atoms with van der Waals surface area (Å²) >= 11 is 0. The number of nitrogens with zero attached hydrogens (tertiary/aromatic N) is 4. The molecular formula is C19H21N5O. The second-order valence-electron chi connectivity index (χ2n) is 6.00. The minimum absolute atomic E-state index is 0.143. The van der Waals surface area contributed by atoms with Crippen LogP contribution in [0, 0.1) is 6.92 Å². The summed E-state index contributed by atoms with van der Waals surface area (Å²) in [4.78, 5) is 23.1. The molecule has 6 heteroatoms. The van der Waals surface area contributed by atoms with Crippen LogP contribution in [-0.4, -0.2) is 34.5 Å². The number of carbonyl (C=O) groups is 1. The lowest BCUT2D eigenvalue weighted by Gasteiger charge is -2.13. The Bertz CT molecular complexity index is 854. The summed E-state index contributed by atoms with van der Waals surface area (Å²) in [5.41, 5.74) is 2.50. The molecule has 0 unspecified atom stereocenters. The fraction of sp³-hybridized carbons (Fsp3) is 0.211. The third-order valence-electron chi connectivity index (χ3n) is 3.78. The van der Waals surface area contributed by atoms with Crippen LogP contribution in [0.1, 0.15) is 21.9 Å². The lowest BCUT2D eigenvalue weighted by atomic mass is 10.2. The zero-order valence-corrected chi connectivity index (χ0v) is 14.6. The number of amides is 1. The molecule has 3 rings (SSSR count). The Hall–Kier alpha value is -3.15. The molecule has 0 saturated heterocycles. The lowest BCUT2D eigenvalue weighted by molar-refractivity contribution is 0.0950. The van der Waals surface area contributed by atoms with Crippen molar-refractivity contribution in [3.05, 3.63) is 71.9 Å². The van der Waals surface area contributed by atoms with E-state index in [4.69, 9.17) is 0 Å². The first-order valence-corrected chi connectivity index (χ1v) is 8.06. The van der Waals surface area contributed by atoms with E-state index in [9.17, 15) is 4.79 Å². The van der Waals surface area contributed by atoms with Gasteiger partial charge in [-0.05, 0) is 43.3 Å². The third-order valence-corrected chi connectivity index (χ3v) is 3.78. The highest BCUT2D eigenvalue weighted by Gasteiger charge is 2.08. The third kappa shape index (κ3) is 4.03. The van der Waals surface area contributed by atoms with E-state index in [0.717, 1.165) is 17.2 Å². The van der Waals surface area contributed by atoms with E-state index in [0.29, 0.717) is 17.9 Å². The maximum Gasteiger partial charge on any atom is 0.251 e. The number of hydrogen-bond donors (Lipinski definition) is 1. The molecule has 0 aliphatic carbocycles. The molecule has 0 saturated carbocycles. The Balaban J connectivity index is 1.67. The summed E-state index contributed by atoms with van der Waals surface area (Å²) in [6, 6.07) is 13.3. The molecule has 1 amide bonds. The van der Waals surface area contributed by atoms with E-state index < -0.39 is 0 Å². The van der Waals surface area contributed by atoms with Crippen LogP contribution in [0.4, 0.5) is 5.82 Å². The van der Waals surface area contributed by atoms with Crippen molar-refractivity contribution in [1.29, 1.82) is 0 Å². The monoisotopic (exact) mass is 335 g/mol. The van der Waals surface area contributed by atoms with Gasteiger partial charge in [0.1, 0.15) is 11.6 Å². The Morgan fingerprint density at radius 2 is 1.80 bits per heavy atom. The lowest BCUT2D eigenvalue weighted by Crippen LogP contribution is -2.24. The number of hydrogen-bond acceptors (Lipinski definition) is 4. The van der Waals surface area contributed by atoms with Gasteiger partial charge in [-0.2, -0.15) is 0 Å². The Labute approximate surface area is 147 Å². The highest BCUT2D eigenvalue weighted by molar-refractivity contribution is 5.94. The summed E-state index contributed by atoms with van der Waals surface area (Å²) in [6.45, 7) is 2.21. The van der Waals surface area contributed by atoms with Crippen molar-refractivity contribution >= 4 is 11.7 Å². The number of rotatable bonds is 5. The van der Waals surface area contributed by atoms with Crippen molar-refractivity contribution in [3.63, 3.8) is 0 Å². The first-order valence-electron chi connectivity index (χ1n) is 8.06. The predicted molar refractivity (Wildman–Crippen MR) is 98.0 cm³/mol. The van der Waals surface area contributed by atoms with E-state index in [1.165, 1.54) is 0 Å². The van der Waals surface area contributed by atoms with Gasteiger partial charge in [0.2, 0.25) is 0 Å². The second kappa shape index (κ2) is 7.17. The molecule has 0 spiro atoms. The van der Waals surface area contributed by atoms with Gasteiger partial charge in [0.15, 0.2) is 0 Å². The van der Waals surface area contributed by atoms with Gasteiger partial charge in [0.05, 0.1) is 6.54 Å². The van der Waals surface area contributed by atoms with Gasteiger partial charge in [-0.1, -0.05) is 0 Å². The molecular weight excluding hydrogens is 314 g/mol. The zero-order chi connectivity index (χ0) is 17.8. The van der Waals surface area contributed by atoms with Crippen LogP contribution in [0.2, 0.25) is 0 Å². The summed E-state index contributed by atoms with van der Waals surface area (Å²) in [5.74, 6) is 1.28. The van der Waals surface area contributed by atoms with Gasteiger partial charge in [-0.3, -0.25) is 4.79 Å². The Morgan fingerprint density at radius 3 is 2.44 bits per heavy atom. The summed E-state index contributed by atoms with van der Waals surface area (Å²) < 4.78 is 1.99. The predicted octanol–water partition coefficient (Wildman–Crippen LogP) is 2.57. The summed E-state index contributed by atoms with van der Waals surface area (Å²) in [6.07, 6.45) is 3.93. The second-order valence-corrected chi connectivity index (χ2v) is 6.00. The van der Waals surface area contributed by atoms with Crippen LogP contribution in [0.15, 0.2) is 54.9 Å². The van der Waals surface area contributed by atoms with Gasteiger partial charge in [0.25, 0.3) is 5.91 Å². The largest absolute Gasteiger partial charge is 0.363 e. The minimum atomic E-state index is -0.143. The first-order chi connectivity index (χ1) is 12.0. The van der Waals surface area contributed by atoms with Crippen molar-refractivity contribution in [3.8, 4) is 5.69 Å². The Kier molecular flexibility index (Phi) is 4.79. The van der Waals surface area contributed by atoms with Gasteiger partial charge >= 0.3 is 0 Å². The van der Waals surface area contributed by atoms with Crippen LogP contribution >= 0.6 is 0 Å². The summed E-state index contributed by atoms with van der Waals surface area (Å²) in [5, 5.41) is 2.87. The van der Waals surface area contributed by atoms with Gasteiger partial charge < -0.3 is 14.8 Å². The summed E-state index contributed by atoms with van der Waals surface area (Å²) in [7, 11) is 3.85. The molecule has 25 heavy (non-hydrogen) atoms. The van der Waals surface area contributed by atoms with Crippen molar-refractivity contribution in [2.24, 2.45) is 0 Å². The SMILES string of the molecule is Cc1cc(N(C)C)nc(CNC(=O)c2ccc(-n3cccc3)cc2)n1. The topological polar surface area (TPSA) is 63.1 Å². The molecule has 0 aliphatic rings. The van der Waals surface area contributed by atoms with E-state index in [1.54, 1.807) is 0 Å². The highest BCUT2D eigenvalue weighted by atomic mass is 16.1. The number of aromatic nitrogens is 3. The van der Waals surface area contributed by atoms with E-state index in [-0.39, 0.29) is 5.91 Å². The molecule has 1 aromatic carbocycles. The zero-order valence-electron chi connectivity index (χ0n) is 14.6. The van der Waals surface area contributed by atoms with Gasteiger partial charge in [-0.25, -0.2) is 9.97 Å². The number of benzene rings is 1. The molecule has 1 N–H and O–H groups in total. The number of nitrogens with one attached hydrogen (secondary N) is 1. The van der Waals surface area contributed by atoms with Crippen LogP contribution < -0.4 is 10.2 Å². The van der Waals surface area contributed by atoms with E-state index in [2.05, 4.69) is 15.3 Å². The van der Waals surface area contributed by atoms with Crippen LogP contribution in [-0.2, 0) is 6.54 Å². The molecule has 128 valence electrons. The molecule has 0 aliphatic heterocycles. The van der Waals surface area contributed by atoms with E-state index in [1.807, 2.05) is 85.3 Å². The van der Waals surface area contributed by atoms with Crippen molar-refractivity contribution < 1.29 is 4.79 Å². The molecule has 6 nitrogen and oxygen atoms in total. The number of anilines is 1. The normalized spacial score (nSPS) is 10.5.